The van der Waals surface area contributed by atoms with Crippen molar-refractivity contribution in [3.8, 4) is 0 Å². The number of aromatic nitrogens is 2. The van der Waals surface area contributed by atoms with E-state index in [1.54, 1.807) is 13.8 Å². The van der Waals surface area contributed by atoms with E-state index in [1.807, 2.05) is 6.92 Å². The van der Waals surface area contributed by atoms with E-state index in [0.29, 0.717) is 17.9 Å². The van der Waals surface area contributed by atoms with E-state index in [1.165, 1.54) is 0 Å². The summed E-state index contributed by atoms with van der Waals surface area (Å²) in [6.07, 6.45) is 0. The van der Waals surface area contributed by atoms with E-state index in [0.717, 1.165) is 13.1 Å². The normalized spacial score (nSPS) is 14.0. The van der Waals surface area contributed by atoms with E-state index in [9.17, 15) is 8.42 Å². The molecule has 1 unspecified atom stereocenters. The molecule has 19 heavy (non-hydrogen) atoms. The van der Waals surface area contributed by atoms with E-state index in [2.05, 4.69) is 33.7 Å². The zero-order valence-corrected chi connectivity index (χ0v) is 13.1. The number of hydrogen-bond donors (Lipinski definition) is 2. The lowest BCUT2D eigenvalue weighted by Gasteiger charge is -2.26. The quantitative estimate of drug-likeness (QED) is 0.785. The lowest BCUT2D eigenvalue weighted by molar-refractivity contribution is 0.232. The van der Waals surface area contributed by atoms with Gasteiger partial charge in [-0.05, 0) is 33.9 Å². The van der Waals surface area contributed by atoms with Crippen LogP contribution in [0.1, 0.15) is 32.2 Å². The lowest BCUT2D eigenvalue weighted by atomic mass is 10.3. The topological polar surface area (TPSA) is 78.1 Å². The van der Waals surface area contributed by atoms with Gasteiger partial charge in [-0.15, -0.1) is 0 Å². The van der Waals surface area contributed by atoms with Crippen molar-refractivity contribution in [3.63, 3.8) is 0 Å². The molecule has 2 N–H and O–H groups in total. The zero-order valence-electron chi connectivity index (χ0n) is 12.3. The third-order valence-electron chi connectivity index (χ3n) is 3.33. The molecular weight excluding hydrogens is 264 g/mol. The second-order valence-corrected chi connectivity index (χ2v) is 6.39. The summed E-state index contributed by atoms with van der Waals surface area (Å²) in [5.41, 5.74) is 1.07. The molecule has 1 atom stereocenters. The molecule has 1 aromatic rings. The largest absolute Gasteiger partial charge is 0.300 e. The lowest BCUT2D eigenvalue weighted by Crippen LogP contribution is -2.42. The number of nitrogens with one attached hydrogen (secondary N) is 2. The van der Waals surface area contributed by atoms with Crippen LogP contribution >= 0.6 is 0 Å². The van der Waals surface area contributed by atoms with Gasteiger partial charge in [0.2, 0.25) is 10.0 Å². The second-order valence-electron chi connectivity index (χ2n) is 4.69. The molecule has 0 fully saturated rings. The fraction of sp³-hybridized carbons (Fsp3) is 0.750. The van der Waals surface area contributed by atoms with Crippen molar-refractivity contribution >= 4 is 10.0 Å². The molecule has 0 aromatic carbocycles. The minimum atomic E-state index is -3.49. The van der Waals surface area contributed by atoms with Crippen LogP contribution < -0.4 is 4.72 Å². The third kappa shape index (κ3) is 3.77. The first-order valence-electron chi connectivity index (χ1n) is 6.58. The van der Waals surface area contributed by atoms with Gasteiger partial charge in [0.25, 0.3) is 0 Å². The van der Waals surface area contributed by atoms with Gasteiger partial charge in [-0.2, -0.15) is 5.10 Å². The fourth-order valence-electron chi connectivity index (χ4n) is 2.22. The molecule has 0 aliphatic rings. The number of hydrogen-bond acceptors (Lipinski definition) is 4. The predicted molar refractivity (Wildman–Crippen MR) is 75.6 cm³/mol. The first-order valence-corrected chi connectivity index (χ1v) is 8.07. The van der Waals surface area contributed by atoms with Crippen LogP contribution in [0.4, 0.5) is 0 Å². The number of aryl methyl sites for hydroxylation is 2. The van der Waals surface area contributed by atoms with Crippen LogP contribution in [0.15, 0.2) is 4.90 Å². The Bertz CT molecular complexity index is 486. The van der Waals surface area contributed by atoms with Crippen molar-refractivity contribution in [3.05, 3.63) is 11.4 Å². The summed E-state index contributed by atoms with van der Waals surface area (Å²) >= 11 is 0. The molecule has 0 aliphatic heterocycles. The van der Waals surface area contributed by atoms with Gasteiger partial charge in [0.15, 0.2) is 0 Å². The summed E-state index contributed by atoms with van der Waals surface area (Å²) in [6.45, 7) is 11.8. The van der Waals surface area contributed by atoms with Gasteiger partial charge < -0.3 is 0 Å². The monoisotopic (exact) mass is 288 g/mol. The highest BCUT2D eigenvalue weighted by Crippen LogP contribution is 2.16. The van der Waals surface area contributed by atoms with Crippen LogP contribution in [0, 0.1) is 13.8 Å². The Kier molecular flexibility index (Phi) is 5.51. The summed E-state index contributed by atoms with van der Waals surface area (Å²) in [5.74, 6) is 0. The van der Waals surface area contributed by atoms with E-state index < -0.39 is 10.0 Å². The smallest absolute Gasteiger partial charge is 0.244 e. The molecule has 0 radical (unpaired) electrons. The first kappa shape index (κ1) is 16.1. The highest BCUT2D eigenvalue weighted by Gasteiger charge is 2.23. The van der Waals surface area contributed by atoms with Gasteiger partial charge in [-0.3, -0.25) is 10.00 Å². The van der Waals surface area contributed by atoms with Gasteiger partial charge in [0.1, 0.15) is 4.90 Å². The van der Waals surface area contributed by atoms with E-state index in [4.69, 9.17) is 0 Å². The second kappa shape index (κ2) is 6.49. The zero-order chi connectivity index (χ0) is 14.6. The molecule has 1 rings (SSSR count). The number of rotatable bonds is 7. The maximum Gasteiger partial charge on any atom is 0.244 e. The predicted octanol–water partition coefficient (Wildman–Crippen LogP) is 1.04. The SMILES string of the molecule is CCN(CC)C(C)CNS(=O)(=O)c1c(C)n[nH]c1C. The van der Waals surface area contributed by atoms with Crippen molar-refractivity contribution in [1.29, 1.82) is 0 Å². The van der Waals surface area contributed by atoms with Crippen LogP contribution in [0.25, 0.3) is 0 Å². The van der Waals surface area contributed by atoms with Gasteiger partial charge in [0.05, 0.1) is 11.4 Å². The van der Waals surface area contributed by atoms with Crippen LogP contribution in [0.5, 0.6) is 0 Å². The molecule has 1 heterocycles. The van der Waals surface area contributed by atoms with Crippen LogP contribution in [0.3, 0.4) is 0 Å². The van der Waals surface area contributed by atoms with E-state index >= 15 is 0 Å². The number of sulfonamides is 1. The van der Waals surface area contributed by atoms with Gasteiger partial charge in [-0.1, -0.05) is 13.8 Å². The third-order valence-corrected chi connectivity index (χ3v) is 5.02. The summed E-state index contributed by atoms with van der Waals surface area (Å²) in [5, 5.41) is 6.62. The highest BCUT2D eigenvalue weighted by molar-refractivity contribution is 7.89. The maximum atomic E-state index is 12.2. The molecule has 0 aliphatic carbocycles. The molecule has 0 spiro atoms. The molecular formula is C12H24N4O2S. The average molecular weight is 288 g/mol. The molecule has 110 valence electrons. The molecule has 1 aromatic heterocycles. The van der Waals surface area contributed by atoms with E-state index in [-0.39, 0.29) is 10.9 Å². The van der Waals surface area contributed by atoms with Crippen molar-refractivity contribution in [1.82, 2.24) is 19.8 Å². The number of nitrogens with zero attached hydrogens (tertiary/aromatic N) is 2. The van der Waals surface area contributed by atoms with Crippen LogP contribution in [-0.2, 0) is 10.0 Å². The minimum Gasteiger partial charge on any atom is -0.300 e. The molecule has 0 amide bonds. The molecule has 0 bridgehead atoms. The summed E-state index contributed by atoms with van der Waals surface area (Å²) in [6, 6.07) is 0.164. The van der Waals surface area contributed by atoms with Gasteiger partial charge in [-0.25, -0.2) is 13.1 Å². The number of aromatic amines is 1. The molecule has 6 nitrogen and oxygen atoms in total. The summed E-state index contributed by atoms with van der Waals surface area (Å²) < 4.78 is 27.2. The standard InChI is InChI=1S/C12H24N4O2S/c1-6-16(7-2)9(3)8-13-19(17,18)12-10(4)14-15-11(12)5/h9,13H,6-8H2,1-5H3,(H,14,15). The minimum absolute atomic E-state index is 0.164. The Morgan fingerprint density at radius 1 is 1.32 bits per heavy atom. The average Bonchev–Trinajstić information content (AvgIpc) is 2.69. The maximum absolute atomic E-state index is 12.2. The fourth-order valence-corrected chi connectivity index (χ4v) is 3.70. The van der Waals surface area contributed by atoms with Crippen LogP contribution in [-0.4, -0.2) is 49.2 Å². The van der Waals surface area contributed by atoms with Gasteiger partial charge in [0, 0.05) is 12.6 Å². The van der Waals surface area contributed by atoms with Crippen molar-refractivity contribution < 1.29 is 8.42 Å². The summed E-state index contributed by atoms with van der Waals surface area (Å²) in [4.78, 5) is 2.47. The molecule has 0 saturated carbocycles. The number of H-pyrrole nitrogens is 1. The Labute approximate surface area is 115 Å². The molecule has 7 heteroatoms. The Balaban J connectivity index is 2.77. The molecule has 0 saturated heterocycles. The van der Waals surface area contributed by atoms with Crippen molar-refractivity contribution in [2.75, 3.05) is 19.6 Å². The van der Waals surface area contributed by atoms with Crippen LogP contribution in [0.2, 0.25) is 0 Å². The van der Waals surface area contributed by atoms with Gasteiger partial charge >= 0.3 is 0 Å². The Morgan fingerprint density at radius 3 is 2.32 bits per heavy atom. The first-order chi connectivity index (χ1) is 8.83. The van der Waals surface area contributed by atoms with Crippen molar-refractivity contribution in [2.24, 2.45) is 0 Å². The summed E-state index contributed by atoms with van der Waals surface area (Å²) in [7, 11) is -3.49. The number of likely N-dealkylation sites (N-methyl/N-ethyl adjacent to an activating group) is 1. The van der Waals surface area contributed by atoms with Crippen molar-refractivity contribution in [2.45, 2.75) is 45.6 Å². The Hall–Kier alpha value is -0.920. The Morgan fingerprint density at radius 2 is 1.89 bits per heavy atom. The highest BCUT2D eigenvalue weighted by atomic mass is 32.2.